The first kappa shape index (κ1) is 24.1. The largest absolute Gasteiger partial charge is 0.456 e. The average Bonchev–Trinajstić information content (AvgIpc) is 3.37. The molecule has 1 aromatic heterocycles. The van der Waals surface area contributed by atoms with Crippen LogP contribution in [0.25, 0.3) is 21.9 Å². The summed E-state index contributed by atoms with van der Waals surface area (Å²) in [6.45, 7) is 0. The van der Waals surface area contributed by atoms with E-state index in [1.165, 1.54) is 42.6 Å². The molecule has 0 atom stereocenters. The molecule has 0 unspecified atom stereocenters. The topological polar surface area (TPSA) is 13.1 Å². The van der Waals surface area contributed by atoms with Gasteiger partial charge >= 0.3 is 0 Å². The summed E-state index contributed by atoms with van der Waals surface area (Å²) < 4.78 is 6.36. The van der Waals surface area contributed by atoms with Crippen LogP contribution in [0.15, 0.2) is 162 Å². The van der Waals surface area contributed by atoms with E-state index >= 15 is 0 Å². The molecule has 3 heteroatoms. The van der Waals surface area contributed by atoms with E-state index in [4.69, 9.17) is 4.42 Å². The van der Waals surface area contributed by atoms with Crippen LogP contribution in [-0.2, 0) is 0 Å². The molecular weight excluding hydrogens is 510 g/mol. The molecule has 0 bridgehead atoms. The van der Waals surface area contributed by atoms with Crippen LogP contribution in [0.5, 0.6) is 0 Å². The Hall–Kier alpha value is -4.02. The van der Waals surface area contributed by atoms with Crippen molar-refractivity contribution in [2.24, 2.45) is 0 Å². The van der Waals surface area contributed by atoms with Crippen molar-refractivity contribution < 1.29 is 4.42 Å². The second-order valence-corrected chi connectivity index (χ2v) is 13.9. The fraction of sp³-hybridized carbons (Fsp3) is 0. The second kappa shape index (κ2) is 10.6. The number of hydrogen-bond donors (Lipinski definition) is 0. The van der Waals surface area contributed by atoms with Crippen molar-refractivity contribution >= 4 is 69.6 Å². The zero-order chi connectivity index (χ0) is 26.0. The maximum Gasteiger partial charge on any atom is 0.135 e. The van der Waals surface area contributed by atoms with Gasteiger partial charge in [-0.15, -0.1) is 0 Å². The Morgan fingerprint density at radius 3 is 0.923 bits per heavy atom. The van der Waals surface area contributed by atoms with E-state index in [9.17, 15) is 0 Å². The van der Waals surface area contributed by atoms with Gasteiger partial charge in [0.2, 0.25) is 0 Å². The van der Waals surface area contributed by atoms with Crippen LogP contribution in [0.4, 0.5) is 0 Å². The number of benzene rings is 6. The van der Waals surface area contributed by atoms with Gasteiger partial charge in [-0.3, -0.25) is 0 Å². The fourth-order valence-electron chi connectivity index (χ4n) is 5.23. The molecule has 1 heterocycles. The van der Waals surface area contributed by atoms with Gasteiger partial charge in [-0.1, -0.05) is 133 Å². The Kier molecular flexibility index (Phi) is 6.55. The molecule has 0 saturated heterocycles. The second-order valence-electron chi connectivity index (χ2n) is 9.48. The lowest BCUT2D eigenvalue weighted by Crippen LogP contribution is -2.20. The van der Waals surface area contributed by atoms with Crippen LogP contribution in [-0.4, -0.2) is 0 Å². The highest BCUT2D eigenvalue weighted by Gasteiger charge is 2.20. The highest BCUT2D eigenvalue weighted by Crippen LogP contribution is 2.38. The molecule has 0 saturated carbocycles. The Morgan fingerprint density at radius 2 is 0.615 bits per heavy atom. The maximum atomic E-state index is 6.36. The molecular formula is C36H26OP2. The normalized spacial score (nSPS) is 11.5. The van der Waals surface area contributed by atoms with Gasteiger partial charge in [0.1, 0.15) is 11.2 Å². The van der Waals surface area contributed by atoms with E-state index < -0.39 is 15.8 Å². The van der Waals surface area contributed by atoms with E-state index in [1.807, 2.05) is 0 Å². The van der Waals surface area contributed by atoms with Crippen molar-refractivity contribution in [3.8, 4) is 0 Å². The lowest BCUT2D eigenvalue weighted by Gasteiger charge is -2.20. The molecule has 0 amide bonds. The minimum absolute atomic E-state index is 0.686. The molecule has 39 heavy (non-hydrogen) atoms. The first-order chi connectivity index (χ1) is 19.3. The van der Waals surface area contributed by atoms with E-state index in [0.29, 0.717) is 0 Å². The van der Waals surface area contributed by atoms with E-state index in [-0.39, 0.29) is 0 Å². The Labute approximate surface area is 231 Å². The van der Waals surface area contributed by atoms with Gasteiger partial charge in [-0.2, -0.15) is 0 Å². The van der Waals surface area contributed by atoms with Crippen LogP contribution in [0, 0.1) is 0 Å². The highest BCUT2D eigenvalue weighted by molar-refractivity contribution is 7.80. The standard InChI is InChI=1S/C36H26OP2/c1-5-13-27(14-6-1)38(28-15-7-2-8-16-28)31-21-23-35-33(25-31)34-26-32(22-24-36(34)37-35)39(29-17-9-3-10-18-29)30-19-11-4-12-20-30/h1-26H. The molecule has 7 rings (SSSR count). The molecule has 1 nitrogen and oxygen atoms in total. The van der Waals surface area contributed by atoms with Crippen molar-refractivity contribution in [1.29, 1.82) is 0 Å². The van der Waals surface area contributed by atoms with Gasteiger partial charge in [-0.05, 0) is 71.9 Å². The monoisotopic (exact) mass is 536 g/mol. The summed E-state index contributed by atoms with van der Waals surface area (Å²) in [5.74, 6) is 0. The molecule has 0 aliphatic rings. The van der Waals surface area contributed by atoms with E-state index in [1.54, 1.807) is 0 Å². The molecule has 7 aromatic rings. The number of fused-ring (bicyclic) bond motifs is 3. The average molecular weight is 537 g/mol. The van der Waals surface area contributed by atoms with Gasteiger partial charge < -0.3 is 4.42 Å². The molecule has 6 aromatic carbocycles. The zero-order valence-electron chi connectivity index (χ0n) is 21.3. The van der Waals surface area contributed by atoms with E-state index in [0.717, 1.165) is 11.2 Å². The molecule has 0 radical (unpaired) electrons. The predicted molar refractivity (Wildman–Crippen MR) is 171 cm³/mol. The smallest absolute Gasteiger partial charge is 0.135 e. The number of hydrogen-bond acceptors (Lipinski definition) is 1. The summed E-state index contributed by atoms with van der Waals surface area (Å²) >= 11 is 0. The minimum atomic E-state index is -0.686. The number of rotatable bonds is 6. The SMILES string of the molecule is c1ccc(P(c2ccccc2)c2ccc3oc4ccc(P(c5ccccc5)c5ccccc5)cc4c3c2)cc1. The summed E-state index contributed by atoms with van der Waals surface area (Å²) in [6.07, 6.45) is 0. The number of furan rings is 1. The molecule has 186 valence electrons. The Bertz CT molecular complexity index is 1630. The van der Waals surface area contributed by atoms with Gasteiger partial charge in [0.05, 0.1) is 0 Å². The molecule has 0 N–H and O–H groups in total. The van der Waals surface area contributed by atoms with Crippen molar-refractivity contribution in [1.82, 2.24) is 0 Å². The summed E-state index contributed by atoms with van der Waals surface area (Å²) in [6, 6.07) is 57.0. The zero-order valence-corrected chi connectivity index (χ0v) is 23.1. The third-order valence-electron chi connectivity index (χ3n) is 7.01. The van der Waals surface area contributed by atoms with Crippen molar-refractivity contribution in [3.05, 3.63) is 158 Å². The Balaban J connectivity index is 1.40. The third kappa shape index (κ3) is 4.70. The van der Waals surface area contributed by atoms with Gasteiger partial charge in [0.15, 0.2) is 0 Å². The van der Waals surface area contributed by atoms with Crippen LogP contribution in [0.1, 0.15) is 0 Å². The predicted octanol–water partition coefficient (Wildman–Crippen LogP) is 7.10. The summed E-state index contributed by atoms with van der Waals surface area (Å²) in [5.41, 5.74) is 1.87. The Morgan fingerprint density at radius 1 is 0.308 bits per heavy atom. The highest BCUT2D eigenvalue weighted by atomic mass is 31.1. The minimum Gasteiger partial charge on any atom is -0.456 e. The van der Waals surface area contributed by atoms with Gasteiger partial charge in [0, 0.05) is 10.8 Å². The maximum absolute atomic E-state index is 6.36. The van der Waals surface area contributed by atoms with Crippen molar-refractivity contribution in [3.63, 3.8) is 0 Å². The van der Waals surface area contributed by atoms with Crippen LogP contribution < -0.4 is 31.8 Å². The first-order valence-electron chi connectivity index (χ1n) is 13.1. The summed E-state index contributed by atoms with van der Waals surface area (Å²) in [4.78, 5) is 0. The van der Waals surface area contributed by atoms with Crippen molar-refractivity contribution in [2.45, 2.75) is 0 Å². The van der Waals surface area contributed by atoms with E-state index in [2.05, 4.69) is 158 Å². The molecule has 0 spiro atoms. The lowest BCUT2D eigenvalue weighted by atomic mass is 10.1. The van der Waals surface area contributed by atoms with Crippen LogP contribution in [0.3, 0.4) is 0 Å². The summed E-state index contributed by atoms with van der Waals surface area (Å²) in [7, 11) is -1.37. The molecule has 0 aliphatic carbocycles. The first-order valence-corrected chi connectivity index (χ1v) is 15.8. The van der Waals surface area contributed by atoms with Gasteiger partial charge in [0.25, 0.3) is 0 Å². The third-order valence-corrected chi connectivity index (χ3v) is 11.9. The van der Waals surface area contributed by atoms with Crippen LogP contribution in [0.2, 0.25) is 0 Å². The van der Waals surface area contributed by atoms with Crippen molar-refractivity contribution in [2.75, 3.05) is 0 Å². The fourth-order valence-corrected chi connectivity index (χ4v) is 9.87. The quantitative estimate of drug-likeness (QED) is 0.207. The molecule has 0 aliphatic heterocycles. The van der Waals surface area contributed by atoms with Crippen LogP contribution >= 0.6 is 15.8 Å². The summed E-state index contributed by atoms with van der Waals surface area (Å²) in [5, 5.41) is 10.4. The molecule has 0 fully saturated rings. The lowest BCUT2D eigenvalue weighted by molar-refractivity contribution is 0.669. The van der Waals surface area contributed by atoms with Gasteiger partial charge in [-0.25, -0.2) is 0 Å².